The number of hydrogen-bond acceptors (Lipinski definition) is 1. The maximum Gasteiger partial charge on any atom is 0.130 e. The lowest BCUT2D eigenvalue weighted by Gasteiger charge is -1.97. The van der Waals surface area contributed by atoms with E-state index >= 15 is 0 Å². The van der Waals surface area contributed by atoms with Gasteiger partial charge in [-0.25, -0.2) is 4.39 Å². The average molecular weight is 205 g/mol. The van der Waals surface area contributed by atoms with Gasteiger partial charge >= 0.3 is 0 Å². The number of aromatic hydroxyl groups is 1. The summed E-state index contributed by atoms with van der Waals surface area (Å²) in [6.45, 7) is 0. The summed E-state index contributed by atoms with van der Waals surface area (Å²) in [6.07, 6.45) is 0. The largest absolute Gasteiger partial charge is 0.508 e. The first kappa shape index (κ1) is 7.54. The summed E-state index contributed by atoms with van der Waals surface area (Å²) < 4.78 is 12.7. The highest BCUT2D eigenvalue weighted by Gasteiger charge is 1.99. The van der Waals surface area contributed by atoms with E-state index in [1.807, 2.05) is 0 Å². The van der Waals surface area contributed by atoms with Crippen LogP contribution in [-0.2, 0) is 5.33 Å². The van der Waals surface area contributed by atoms with E-state index < -0.39 is 0 Å². The van der Waals surface area contributed by atoms with Gasteiger partial charge in [0.05, 0.1) is 0 Å². The molecule has 0 spiro atoms. The molecule has 0 fully saturated rings. The molecule has 0 saturated heterocycles. The van der Waals surface area contributed by atoms with Gasteiger partial charge in [0.2, 0.25) is 0 Å². The van der Waals surface area contributed by atoms with Crippen LogP contribution in [0.25, 0.3) is 0 Å². The van der Waals surface area contributed by atoms with Crippen LogP contribution in [0.2, 0.25) is 0 Å². The molecule has 1 nitrogen and oxygen atoms in total. The van der Waals surface area contributed by atoms with Gasteiger partial charge in [-0.05, 0) is 11.6 Å². The summed E-state index contributed by atoms with van der Waals surface area (Å²) in [5.41, 5.74) is 0.554. The van der Waals surface area contributed by atoms with Crippen molar-refractivity contribution in [3.8, 4) is 5.75 Å². The molecule has 0 heterocycles. The molecule has 0 amide bonds. The zero-order valence-corrected chi connectivity index (χ0v) is 6.73. The van der Waals surface area contributed by atoms with Crippen molar-refractivity contribution in [3.05, 3.63) is 29.6 Å². The van der Waals surface area contributed by atoms with Crippen LogP contribution >= 0.6 is 15.9 Å². The number of benzene rings is 1. The van der Waals surface area contributed by atoms with Gasteiger partial charge in [-0.15, -0.1) is 0 Å². The molecule has 1 aromatic carbocycles. The Bertz CT molecular complexity index is 237. The minimum atomic E-state index is -0.378. The van der Waals surface area contributed by atoms with E-state index in [1.54, 1.807) is 6.07 Å². The highest BCUT2D eigenvalue weighted by atomic mass is 79.9. The molecule has 1 aromatic rings. The van der Waals surface area contributed by atoms with Gasteiger partial charge in [0, 0.05) is 11.4 Å². The summed E-state index contributed by atoms with van der Waals surface area (Å²) >= 11 is 3.11. The van der Waals surface area contributed by atoms with Crippen molar-refractivity contribution in [2.45, 2.75) is 5.33 Å². The third-order valence-corrected chi connectivity index (χ3v) is 1.78. The Morgan fingerprint density at radius 2 is 2.20 bits per heavy atom. The fraction of sp³-hybridized carbons (Fsp3) is 0.143. The summed E-state index contributed by atoms with van der Waals surface area (Å²) in [5, 5.41) is 9.25. The second-order valence-corrected chi connectivity index (χ2v) is 2.47. The highest BCUT2D eigenvalue weighted by Crippen LogP contribution is 2.16. The number of alkyl halides is 1. The summed E-state index contributed by atoms with van der Waals surface area (Å²) in [4.78, 5) is 0. The zero-order valence-electron chi connectivity index (χ0n) is 5.14. The first-order valence-electron chi connectivity index (χ1n) is 2.77. The molecule has 0 aliphatic heterocycles. The zero-order chi connectivity index (χ0) is 7.56. The normalized spacial score (nSPS) is 9.80. The molecule has 3 heteroatoms. The summed E-state index contributed by atoms with van der Waals surface area (Å²) in [7, 11) is 0. The van der Waals surface area contributed by atoms with Crippen molar-refractivity contribution in [2.75, 3.05) is 0 Å². The van der Waals surface area contributed by atoms with Crippen LogP contribution in [0.3, 0.4) is 0 Å². The van der Waals surface area contributed by atoms with Crippen LogP contribution in [0, 0.1) is 5.82 Å². The predicted octanol–water partition coefficient (Wildman–Crippen LogP) is 2.43. The minimum absolute atomic E-state index is 0.0396. The van der Waals surface area contributed by atoms with Crippen LogP contribution in [0.5, 0.6) is 5.75 Å². The monoisotopic (exact) mass is 204 g/mol. The number of phenolic OH excluding ortho intramolecular Hbond substituents is 1. The van der Waals surface area contributed by atoms with Gasteiger partial charge in [-0.1, -0.05) is 22.0 Å². The standard InChI is InChI=1S/C7H6BrFO/c8-4-5-1-2-6(10)3-7(5)9/h1-3,10H,4H2. The van der Waals surface area contributed by atoms with E-state index in [9.17, 15) is 4.39 Å². The Morgan fingerprint density at radius 1 is 1.50 bits per heavy atom. The van der Waals surface area contributed by atoms with E-state index in [4.69, 9.17) is 5.11 Å². The van der Waals surface area contributed by atoms with Gasteiger partial charge in [-0.3, -0.25) is 0 Å². The quantitative estimate of drug-likeness (QED) is 0.698. The molecule has 1 rings (SSSR count). The Balaban J connectivity index is 3.07. The lowest BCUT2D eigenvalue weighted by molar-refractivity contribution is 0.468. The maximum atomic E-state index is 12.7. The molecule has 1 N–H and O–H groups in total. The topological polar surface area (TPSA) is 20.2 Å². The van der Waals surface area contributed by atoms with Crippen LogP contribution in [0.1, 0.15) is 5.56 Å². The molecule has 0 aliphatic carbocycles. The van der Waals surface area contributed by atoms with Crippen LogP contribution < -0.4 is 0 Å². The molecule has 54 valence electrons. The van der Waals surface area contributed by atoms with Crippen molar-refractivity contribution in [1.29, 1.82) is 0 Å². The molecule has 0 saturated carbocycles. The van der Waals surface area contributed by atoms with E-state index in [1.165, 1.54) is 6.07 Å². The van der Waals surface area contributed by atoms with Crippen LogP contribution in [0.15, 0.2) is 18.2 Å². The van der Waals surface area contributed by atoms with Crippen molar-refractivity contribution in [1.82, 2.24) is 0 Å². The van der Waals surface area contributed by atoms with Crippen LogP contribution in [-0.4, -0.2) is 5.11 Å². The van der Waals surface area contributed by atoms with Gasteiger partial charge in [0.15, 0.2) is 0 Å². The van der Waals surface area contributed by atoms with E-state index in [0.29, 0.717) is 10.9 Å². The van der Waals surface area contributed by atoms with Crippen molar-refractivity contribution < 1.29 is 9.50 Å². The summed E-state index contributed by atoms with van der Waals surface area (Å²) in [6, 6.07) is 4.09. The molecule has 0 atom stereocenters. The predicted molar refractivity (Wildman–Crippen MR) is 40.7 cm³/mol. The molecule has 0 radical (unpaired) electrons. The number of halogens is 2. The van der Waals surface area contributed by atoms with Crippen molar-refractivity contribution >= 4 is 15.9 Å². The molecular weight excluding hydrogens is 199 g/mol. The second kappa shape index (κ2) is 3.01. The van der Waals surface area contributed by atoms with Gasteiger partial charge in [-0.2, -0.15) is 0 Å². The molecule has 10 heavy (non-hydrogen) atoms. The Morgan fingerprint density at radius 3 is 2.70 bits per heavy atom. The minimum Gasteiger partial charge on any atom is -0.508 e. The second-order valence-electron chi connectivity index (χ2n) is 1.91. The highest BCUT2D eigenvalue weighted by molar-refractivity contribution is 9.08. The van der Waals surface area contributed by atoms with Crippen molar-refractivity contribution in [2.24, 2.45) is 0 Å². The fourth-order valence-corrected chi connectivity index (χ4v) is 1.10. The van der Waals surface area contributed by atoms with Crippen LogP contribution in [0.4, 0.5) is 4.39 Å². The lowest BCUT2D eigenvalue weighted by atomic mass is 10.2. The molecule has 0 bridgehead atoms. The number of hydrogen-bond donors (Lipinski definition) is 1. The lowest BCUT2D eigenvalue weighted by Crippen LogP contribution is -1.83. The Hall–Kier alpha value is -0.570. The summed E-state index contributed by atoms with van der Waals surface area (Å²) in [5.74, 6) is -0.418. The maximum absolute atomic E-state index is 12.7. The third kappa shape index (κ3) is 1.48. The average Bonchev–Trinajstić information content (AvgIpc) is 1.88. The molecular formula is C7H6BrFO. The van der Waals surface area contributed by atoms with Gasteiger partial charge in [0.25, 0.3) is 0 Å². The molecule has 0 aromatic heterocycles. The molecule has 0 unspecified atom stereocenters. The molecule has 0 aliphatic rings. The smallest absolute Gasteiger partial charge is 0.130 e. The van der Waals surface area contributed by atoms with E-state index in [0.717, 1.165) is 6.07 Å². The van der Waals surface area contributed by atoms with Gasteiger partial charge in [0.1, 0.15) is 11.6 Å². The van der Waals surface area contributed by atoms with Gasteiger partial charge < -0.3 is 5.11 Å². The SMILES string of the molecule is Oc1ccc(CBr)c(F)c1. The first-order valence-corrected chi connectivity index (χ1v) is 3.89. The number of phenols is 1. The Labute approximate surface area is 66.6 Å². The third-order valence-electron chi connectivity index (χ3n) is 1.18. The number of rotatable bonds is 1. The van der Waals surface area contributed by atoms with E-state index in [2.05, 4.69) is 15.9 Å². The van der Waals surface area contributed by atoms with Crippen molar-refractivity contribution in [3.63, 3.8) is 0 Å². The first-order chi connectivity index (χ1) is 4.74. The Kier molecular flexibility index (Phi) is 2.27. The van der Waals surface area contributed by atoms with E-state index in [-0.39, 0.29) is 11.6 Å². The fourth-order valence-electron chi connectivity index (χ4n) is 0.645.